The molecule has 0 spiro atoms. The minimum Gasteiger partial charge on any atom is -0.338 e. The number of carbonyl (C=O) groups excluding carboxylic acids is 2. The Kier molecular flexibility index (Phi) is 4.84. The van der Waals surface area contributed by atoms with Crippen molar-refractivity contribution in [3.05, 3.63) is 65.2 Å². The Morgan fingerprint density at radius 3 is 2.62 bits per heavy atom. The molecule has 2 atom stereocenters. The van der Waals surface area contributed by atoms with E-state index in [2.05, 4.69) is 0 Å². The van der Waals surface area contributed by atoms with Crippen molar-refractivity contribution in [1.82, 2.24) is 4.90 Å². The maximum atomic E-state index is 13.1. The molecule has 2 unspecified atom stereocenters. The molecule has 0 aliphatic carbocycles. The van der Waals surface area contributed by atoms with Gasteiger partial charge in [0.05, 0.1) is 11.5 Å². The van der Waals surface area contributed by atoms with E-state index in [0.717, 1.165) is 29.8 Å². The third-order valence-electron chi connectivity index (χ3n) is 5.64. The van der Waals surface area contributed by atoms with Crippen LogP contribution in [-0.2, 0) is 28.7 Å². The van der Waals surface area contributed by atoms with Gasteiger partial charge in [-0.3, -0.25) is 9.59 Å². The van der Waals surface area contributed by atoms with E-state index in [1.807, 2.05) is 31.2 Å². The number of anilines is 1. The van der Waals surface area contributed by atoms with Crippen molar-refractivity contribution in [3.8, 4) is 0 Å². The summed E-state index contributed by atoms with van der Waals surface area (Å²) in [5.74, 6) is -0.787. The van der Waals surface area contributed by atoms with Crippen molar-refractivity contribution in [2.45, 2.75) is 38.5 Å². The normalized spacial score (nSPS) is 21.6. The Labute approximate surface area is 166 Å². The zero-order chi connectivity index (χ0) is 20.8. The van der Waals surface area contributed by atoms with Crippen molar-refractivity contribution in [2.24, 2.45) is 5.92 Å². The Bertz CT molecular complexity index is 957. The molecule has 2 heterocycles. The minimum atomic E-state index is -4.43. The van der Waals surface area contributed by atoms with Crippen LogP contribution in [0.3, 0.4) is 0 Å². The van der Waals surface area contributed by atoms with Crippen LogP contribution in [-0.4, -0.2) is 29.3 Å². The summed E-state index contributed by atoms with van der Waals surface area (Å²) in [6.45, 7) is 2.27. The topological polar surface area (TPSA) is 40.6 Å². The first-order valence-electron chi connectivity index (χ1n) is 9.59. The van der Waals surface area contributed by atoms with E-state index in [9.17, 15) is 22.8 Å². The molecule has 2 aromatic carbocycles. The van der Waals surface area contributed by atoms with Gasteiger partial charge in [0.25, 0.3) is 0 Å². The number of carbonyl (C=O) groups is 2. The molecule has 152 valence electrons. The molecule has 29 heavy (non-hydrogen) atoms. The second-order valence-corrected chi connectivity index (χ2v) is 7.76. The molecule has 0 bridgehead atoms. The molecule has 2 aliphatic rings. The quantitative estimate of drug-likeness (QED) is 0.778. The van der Waals surface area contributed by atoms with Gasteiger partial charge in [-0.25, -0.2) is 0 Å². The second kappa shape index (κ2) is 7.21. The van der Waals surface area contributed by atoms with Gasteiger partial charge in [0.2, 0.25) is 11.8 Å². The van der Waals surface area contributed by atoms with E-state index >= 15 is 0 Å². The number of rotatable bonds is 3. The highest BCUT2D eigenvalue weighted by Crippen LogP contribution is 2.35. The molecule has 0 radical (unpaired) electrons. The van der Waals surface area contributed by atoms with E-state index in [1.54, 1.807) is 11.0 Å². The van der Waals surface area contributed by atoms with Crippen molar-refractivity contribution in [1.29, 1.82) is 0 Å². The first kappa shape index (κ1) is 19.5. The predicted molar refractivity (Wildman–Crippen MR) is 102 cm³/mol. The summed E-state index contributed by atoms with van der Waals surface area (Å²) in [6, 6.07) is 12.7. The summed E-state index contributed by atoms with van der Waals surface area (Å²) in [6.07, 6.45) is -3.57. The van der Waals surface area contributed by atoms with Gasteiger partial charge in [0.15, 0.2) is 0 Å². The molecule has 0 aromatic heterocycles. The van der Waals surface area contributed by atoms with Gasteiger partial charge in [0, 0.05) is 31.2 Å². The number of hydrogen-bond acceptors (Lipinski definition) is 2. The largest absolute Gasteiger partial charge is 0.416 e. The van der Waals surface area contributed by atoms with E-state index in [0.29, 0.717) is 5.56 Å². The number of hydrogen-bond donors (Lipinski definition) is 0. The minimum absolute atomic E-state index is 0.0209. The summed E-state index contributed by atoms with van der Waals surface area (Å²) < 4.78 is 38.8. The van der Waals surface area contributed by atoms with Gasteiger partial charge in [-0.15, -0.1) is 0 Å². The lowest BCUT2D eigenvalue weighted by atomic mass is 10.1. The first-order chi connectivity index (χ1) is 13.7. The molecule has 0 saturated carbocycles. The van der Waals surface area contributed by atoms with Crippen LogP contribution in [0, 0.1) is 5.92 Å². The number of nitrogens with zero attached hydrogens (tertiary/aromatic N) is 2. The van der Waals surface area contributed by atoms with Crippen LogP contribution in [0.1, 0.15) is 30.0 Å². The number of alkyl halides is 3. The van der Waals surface area contributed by atoms with Crippen LogP contribution < -0.4 is 4.90 Å². The van der Waals surface area contributed by atoms with Crippen molar-refractivity contribution in [2.75, 3.05) is 11.4 Å². The zero-order valence-electron chi connectivity index (χ0n) is 15.9. The fourth-order valence-corrected chi connectivity index (χ4v) is 4.25. The molecular weight excluding hydrogens is 381 g/mol. The number of benzene rings is 2. The Morgan fingerprint density at radius 2 is 1.86 bits per heavy atom. The number of likely N-dealkylation sites (tertiary alicyclic amines) is 1. The lowest BCUT2D eigenvalue weighted by Crippen LogP contribution is -2.41. The van der Waals surface area contributed by atoms with Gasteiger partial charge in [-0.1, -0.05) is 30.3 Å². The number of fused-ring (bicyclic) bond motifs is 1. The predicted octanol–water partition coefficient (Wildman–Crippen LogP) is 4.03. The third-order valence-corrected chi connectivity index (χ3v) is 5.64. The fraction of sp³-hybridized carbons (Fsp3) is 0.364. The van der Waals surface area contributed by atoms with Gasteiger partial charge in [0.1, 0.15) is 0 Å². The molecule has 2 aliphatic heterocycles. The molecule has 2 amide bonds. The van der Waals surface area contributed by atoms with Crippen LogP contribution >= 0.6 is 0 Å². The first-order valence-corrected chi connectivity index (χ1v) is 9.59. The van der Waals surface area contributed by atoms with Crippen LogP contribution in [0.25, 0.3) is 0 Å². The number of para-hydroxylation sites is 1. The van der Waals surface area contributed by atoms with Gasteiger partial charge in [-0.05, 0) is 42.7 Å². The lowest BCUT2D eigenvalue weighted by Gasteiger charge is -2.26. The monoisotopic (exact) mass is 402 g/mol. The van der Waals surface area contributed by atoms with Crippen LogP contribution in [0.2, 0.25) is 0 Å². The maximum absolute atomic E-state index is 13.1. The van der Waals surface area contributed by atoms with Gasteiger partial charge < -0.3 is 9.80 Å². The molecule has 4 rings (SSSR count). The summed E-state index contributed by atoms with van der Waals surface area (Å²) in [7, 11) is 0. The molecule has 4 nitrogen and oxygen atoms in total. The third kappa shape index (κ3) is 3.73. The van der Waals surface area contributed by atoms with E-state index in [-0.39, 0.29) is 37.4 Å². The van der Waals surface area contributed by atoms with Gasteiger partial charge >= 0.3 is 6.18 Å². The highest BCUT2D eigenvalue weighted by atomic mass is 19.4. The van der Waals surface area contributed by atoms with E-state index < -0.39 is 17.7 Å². The standard InChI is InChI=1S/C22H21F3N2O2/c1-14-9-16-6-2-3-8-19(16)27(14)21(29)17-11-20(28)26(13-17)12-15-5-4-7-18(10-15)22(23,24)25/h2-8,10,14,17H,9,11-13H2,1H3. The lowest BCUT2D eigenvalue weighted by molar-refractivity contribution is -0.137. The molecule has 1 fully saturated rings. The van der Waals surface area contributed by atoms with Crippen molar-refractivity contribution >= 4 is 17.5 Å². The molecule has 1 saturated heterocycles. The van der Waals surface area contributed by atoms with Crippen LogP contribution in [0.5, 0.6) is 0 Å². The summed E-state index contributed by atoms with van der Waals surface area (Å²) in [5, 5.41) is 0. The SMILES string of the molecule is CC1Cc2ccccc2N1C(=O)C1CC(=O)N(Cc2cccc(C(F)(F)F)c2)C1. The molecule has 0 N–H and O–H groups in total. The number of halogens is 3. The van der Waals surface area contributed by atoms with Crippen LogP contribution in [0.15, 0.2) is 48.5 Å². The highest BCUT2D eigenvalue weighted by Gasteiger charge is 2.40. The van der Waals surface area contributed by atoms with Gasteiger partial charge in [-0.2, -0.15) is 13.2 Å². The van der Waals surface area contributed by atoms with E-state index in [4.69, 9.17) is 0 Å². The maximum Gasteiger partial charge on any atom is 0.416 e. The zero-order valence-corrected chi connectivity index (χ0v) is 15.9. The number of amides is 2. The Hall–Kier alpha value is -2.83. The fourth-order valence-electron chi connectivity index (χ4n) is 4.25. The smallest absolute Gasteiger partial charge is 0.338 e. The Morgan fingerprint density at radius 1 is 1.10 bits per heavy atom. The average Bonchev–Trinajstić information content (AvgIpc) is 3.20. The summed E-state index contributed by atoms with van der Waals surface area (Å²) >= 11 is 0. The Balaban J connectivity index is 1.48. The average molecular weight is 402 g/mol. The second-order valence-electron chi connectivity index (χ2n) is 7.76. The molecule has 7 heteroatoms. The summed E-state index contributed by atoms with van der Waals surface area (Å²) in [4.78, 5) is 28.8. The van der Waals surface area contributed by atoms with Crippen molar-refractivity contribution in [3.63, 3.8) is 0 Å². The summed E-state index contributed by atoms with van der Waals surface area (Å²) in [5.41, 5.74) is 1.66. The molecular formula is C22H21F3N2O2. The highest BCUT2D eigenvalue weighted by molar-refractivity contribution is 6.01. The van der Waals surface area contributed by atoms with E-state index in [1.165, 1.54) is 11.0 Å². The van der Waals surface area contributed by atoms with Crippen molar-refractivity contribution < 1.29 is 22.8 Å². The van der Waals surface area contributed by atoms with Crippen LogP contribution in [0.4, 0.5) is 18.9 Å². The molecule has 2 aromatic rings.